The Labute approximate surface area is 202 Å². The molecular formula is C24H21ClN6O2S. The lowest BCUT2D eigenvalue weighted by atomic mass is 10.1. The molecule has 10 heteroatoms. The van der Waals surface area contributed by atoms with Gasteiger partial charge in [0.25, 0.3) is 10.0 Å². The number of hydrogen-bond donors (Lipinski definition) is 2. The number of nitrogen functional groups attached to an aromatic ring is 1. The quantitative estimate of drug-likeness (QED) is 0.398. The van der Waals surface area contributed by atoms with E-state index in [-0.39, 0.29) is 21.2 Å². The van der Waals surface area contributed by atoms with Crippen molar-refractivity contribution in [2.24, 2.45) is 0 Å². The maximum atomic E-state index is 12.9. The summed E-state index contributed by atoms with van der Waals surface area (Å²) in [6.07, 6.45) is 8.02. The normalized spacial score (nSPS) is 14.4. The lowest BCUT2D eigenvalue weighted by Gasteiger charge is -2.12. The van der Waals surface area contributed by atoms with Crippen LogP contribution in [0.4, 0.5) is 11.5 Å². The predicted octanol–water partition coefficient (Wildman–Crippen LogP) is 5.12. The molecule has 0 atom stereocenters. The Morgan fingerprint density at radius 2 is 1.91 bits per heavy atom. The van der Waals surface area contributed by atoms with E-state index in [2.05, 4.69) is 19.3 Å². The second kappa shape index (κ2) is 8.63. The number of hydrogen-bond acceptors (Lipinski definition) is 6. The van der Waals surface area contributed by atoms with E-state index in [1.54, 1.807) is 30.3 Å². The molecule has 5 rings (SSSR count). The van der Waals surface area contributed by atoms with Gasteiger partial charge in [0, 0.05) is 17.8 Å². The first-order valence-electron chi connectivity index (χ1n) is 10.8. The van der Waals surface area contributed by atoms with Crippen LogP contribution in [0.15, 0.2) is 59.9 Å². The van der Waals surface area contributed by atoms with Crippen molar-refractivity contribution in [1.82, 2.24) is 14.5 Å². The highest BCUT2D eigenvalue weighted by Gasteiger charge is 2.24. The van der Waals surface area contributed by atoms with Gasteiger partial charge in [-0.3, -0.25) is 4.72 Å². The van der Waals surface area contributed by atoms with Crippen LogP contribution in [0.5, 0.6) is 0 Å². The number of aromatic nitrogens is 3. The molecule has 0 aliphatic heterocycles. The van der Waals surface area contributed by atoms with Crippen molar-refractivity contribution in [3.63, 3.8) is 0 Å². The van der Waals surface area contributed by atoms with Crippen molar-refractivity contribution in [1.29, 1.82) is 5.26 Å². The van der Waals surface area contributed by atoms with Crippen LogP contribution in [0.25, 0.3) is 22.2 Å². The van der Waals surface area contributed by atoms with Crippen LogP contribution in [0, 0.1) is 11.3 Å². The summed E-state index contributed by atoms with van der Waals surface area (Å²) < 4.78 is 30.5. The monoisotopic (exact) mass is 492 g/mol. The van der Waals surface area contributed by atoms with Crippen LogP contribution >= 0.6 is 11.6 Å². The minimum Gasteiger partial charge on any atom is -0.383 e. The summed E-state index contributed by atoms with van der Waals surface area (Å²) in [4.78, 5) is 8.56. The molecule has 0 saturated heterocycles. The van der Waals surface area contributed by atoms with Crippen molar-refractivity contribution in [3.8, 4) is 17.2 Å². The topological polar surface area (TPSA) is 127 Å². The van der Waals surface area contributed by atoms with Crippen molar-refractivity contribution >= 4 is 44.2 Å². The van der Waals surface area contributed by atoms with E-state index in [0.29, 0.717) is 11.9 Å². The van der Waals surface area contributed by atoms with E-state index < -0.39 is 10.0 Å². The van der Waals surface area contributed by atoms with Crippen LogP contribution in [-0.4, -0.2) is 23.0 Å². The first-order chi connectivity index (χ1) is 16.4. The van der Waals surface area contributed by atoms with Gasteiger partial charge < -0.3 is 10.3 Å². The van der Waals surface area contributed by atoms with Gasteiger partial charge in [0.1, 0.15) is 28.8 Å². The van der Waals surface area contributed by atoms with Crippen molar-refractivity contribution in [2.45, 2.75) is 36.6 Å². The molecule has 2 aromatic heterocycles. The highest BCUT2D eigenvalue weighted by atomic mass is 35.5. The summed E-state index contributed by atoms with van der Waals surface area (Å²) in [5, 5.41) is 10.2. The smallest absolute Gasteiger partial charge is 0.263 e. The molecule has 0 unspecified atom stereocenters. The summed E-state index contributed by atoms with van der Waals surface area (Å²) in [5.41, 5.74) is 8.89. The van der Waals surface area contributed by atoms with E-state index in [1.165, 1.54) is 31.3 Å². The number of benzene rings is 2. The van der Waals surface area contributed by atoms with Crippen LogP contribution in [0.1, 0.15) is 37.3 Å². The van der Waals surface area contributed by atoms with Gasteiger partial charge in [0.15, 0.2) is 0 Å². The number of rotatable bonds is 5. The Morgan fingerprint density at radius 3 is 2.65 bits per heavy atom. The Kier molecular flexibility index (Phi) is 5.63. The second-order valence-electron chi connectivity index (χ2n) is 8.25. The third-order valence-electron chi connectivity index (χ3n) is 6.18. The molecule has 3 N–H and O–H groups in total. The molecule has 0 spiro atoms. The average Bonchev–Trinajstić information content (AvgIpc) is 3.49. The first kappa shape index (κ1) is 22.2. The molecular weight excluding hydrogens is 472 g/mol. The van der Waals surface area contributed by atoms with Gasteiger partial charge in [-0.2, -0.15) is 5.26 Å². The number of fused-ring (bicyclic) bond motifs is 1. The zero-order valence-corrected chi connectivity index (χ0v) is 19.6. The lowest BCUT2D eigenvalue weighted by Crippen LogP contribution is -2.14. The standard InChI is InChI=1S/C24H21ClN6O2S/c25-19-11-15(9-10-20(19)30-34(32,33)21-8-4-1-5-16(21)12-26)18-13-31(17-6-2-3-7-17)24-22(18)23(27)28-14-29-24/h1,4-5,8-11,13-14,17,30H,2-3,6-7H2,(H2,27,28,29). The lowest BCUT2D eigenvalue weighted by molar-refractivity contribution is 0.532. The third kappa shape index (κ3) is 3.85. The molecule has 1 aliphatic rings. The third-order valence-corrected chi connectivity index (χ3v) is 7.91. The zero-order valence-electron chi connectivity index (χ0n) is 18.1. The highest BCUT2D eigenvalue weighted by Crippen LogP contribution is 2.40. The van der Waals surface area contributed by atoms with Crippen LogP contribution in [-0.2, 0) is 10.0 Å². The fraction of sp³-hybridized carbons (Fsp3) is 0.208. The molecule has 4 aromatic rings. The Hall–Kier alpha value is -3.61. The Morgan fingerprint density at radius 1 is 1.15 bits per heavy atom. The summed E-state index contributed by atoms with van der Waals surface area (Å²) in [7, 11) is -4.01. The van der Waals surface area contributed by atoms with Gasteiger partial charge in [-0.15, -0.1) is 0 Å². The summed E-state index contributed by atoms with van der Waals surface area (Å²) >= 11 is 6.51. The maximum Gasteiger partial charge on any atom is 0.263 e. The van der Waals surface area contributed by atoms with E-state index in [1.807, 2.05) is 12.3 Å². The van der Waals surface area contributed by atoms with Gasteiger partial charge >= 0.3 is 0 Å². The largest absolute Gasteiger partial charge is 0.383 e. The van der Waals surface area contributed by atoms with E-state index in [4.69, 9.17) is 17.3 Å². The molecule has 2 aromatic carbocycles. The predicted molar refractivity (Wildman–Crippen MR) is 132 cm³/mol. The molecule has 2 heterocycles. The van der Waals surface area contributed by atoms with Crippen molar-refractivity contribution < 1.29 is 8.42 Å². The van der Waals surface area contributed by atoms with Crippen LogP contribution < -0.4 is 10.5 Å². The Bertz CT molecular complexity index is 1550. The molecule has 8 nitrogen and oxygen atoms in total. The van der Waals surface area contributed by atoms with E-state index in [0.717, 1.165) is 35.0 Å². The number of nitrogens with zero attached hydrogens (tertiary/aromatic N) is 4. The van der Waals surface area contributed by atoms with E-state index in [9.17, 15) is 13.7 Å². The van der Waals surface area contributed by atoms with Gasteiger partial charge in [-0.05, 0) is 42.7 Å². The molecule has 0 radical (unpaired) electrons. The SMILES string of the molecule is N#Cc1ccccc1S(=O)(=O)Nc1ccc(-c2cn(C3CCCC3)c3ncnc(N)c23)cc1Cl. The molecule has 0 amide bonds. The number of nitrogens with two attached hydrogens (primary N) is 1. The Balaban J connectivity index is 1.54. The average molecular weight is 493 g/mol. The summed E-state index contributed by atoms with van der Waals surface area (Å²) in [6.45, 7) is 0. The number of halogens is 1. The van der Waals surface area contributed by atoms with Gasteiger partial charge in [-0.1, -0.05) is 42.6 Å². The van der Waals surface area contributed by atoms with Gasteiger partial charge in [0.2, 0.25) is 0 Å². The molecule has 172 valence electrons. The summed E-state index contributed by atoms with van der Waals surface area (Å²) in [5.74, 6) is 0.380. The molecule has 0 bridgehead atoms. The van der Waals surface area contributed by atoms with E-state index >= 15 is 0 Å². The minimum absolute atomic E-state index is 0.0536. The number of nitrogens with one attached hydrogen (secondary N) is 1. The summed E-state index contributed by atoms with van der Waals surface area (Å²) in [6, 6.07) is 13.3. The van der Waals surface area contributed by atoms with Gasteiger partial charge in [-0.25, -0.2) is 18.4 Å². The fourth-order valence-corrected chi connectivity index (χ4v) is 6.07. The minimum atomic E-state index is -4.01. The fourth-order valence-electron chi connectivity index (χ4n) is 4.55. The molecule has 1 fully saturated rings. The van der Waals surface area contributed by atoms with Crippen molar-refractivity contribution in [3.05, 3.63) is 65.6 Å². The van der Waals surface area contributed by atoms with Crippen LogP contribution in [0.3, 0.4) is 0 Å². The van der Waals surface area contributed by atoms with Gasteiger partial charge in [0.05, 0.1) is 21.7 Å². The number of sulfonamides is 1. The number of nitriles is 1. The van der Waals surface area contributed by atoms with Crippen LogP contribution in [0.2, 0.25) is 5.02 Å². The molecule has 34 heavy (non-hydrogen) atoms. The molecule has 1 aliphatic carbocycles. The second-order valence-corrected chi connectivity index (χ2v) is 10.3. The highest BCUT2D eigenvalue weighted by molar-refractivity contribution is 7.92. The maximum absolute atomic E-state index is 12.9. The first-order valence-corrected chi connectivity index (χ1v) is 12.7. The zero-order chi connectivity index (χ0) is 23.9. The molecule has 1 saturated carbocycles. The number of anilines is 2. The van der Waals surface area contributed by atoms with Crippen molar-refractivity contribution in [2.75, 3.05) is 10.5 Å².